The predicted molar refractivity (Wildman–Crippen MR) is 105 cm³/mol. The fraction of sp³-hybridized carbons (Fsp3) is 0.211. The standard InChI is InChI=1S/C19H20FN5O3S/c1-13-23-18(24-25(13)17-9-7-16(20)8-10-17)19(26)22-11-14-3-5-15(6-4-14)12-29(27,28)21-2/h3-10,21H,11-12H2,1-2H3,(H,22,26). The first kappa shape index (κ1) is 20.6. The van der Waals surface area contributed by atoms with Crippen molar-refractivity contribution >= 4 is 15.9 Å². The first-order chi connectivity index (χ1) is 13.8. The zero-order chi connectivity index (χ0) is 21.0. The maximum absolute atomic E-state index is 13.1. The molecule has 8 nitrogen and oxygen atoms in total. The van der Waals surface area contributed by atoms with E-state index in [1.54, 1.807) is 43.3 Å². The SMILES string of the molecule is CNS(=O)(=O)Cc1ccc(CNC(=O)c2nc(C)n(-c3ccc(F)cc3)n2)cc1. The van der Waals surface area contributed by atoms with E-state index in [0.29, 0.717) is 17.1 Å². The lowest BCUT2D eigenvalue weighted by Crippen LogP contribution is -2.24. The molecule has 2 aromatic carbocycles. The van der Waals surface area contributed by atoms with Crippen LogP contribution in [0.5, 0.6) is 0 Å². The average molecular weight is 417 g/mol. The van der Waals surface area contributed by atoms with Crippen molar-refractivity contribution < 1.29 is 17.6 Å². The van der Waals surface area contributed by atoms with Crippen molar-refractivity contribution in [1.29, 1.82) is 0 Å². The second kappa shape index (κ2) is 8.50. The first-order valence-electron chi connectivity index (χ1n) is 8.74. The second-order valence-electron chi connectivity index (χ2n) is 6.33. The van der Waals surface area contributed by atoms with Crippen LogP contribution in [-0.2, 0) is 22.3 Å². The molecule has 3 aromatic rings. The first-order valence-corrected chi connectivity index (χ1v) is 10.4. The Morgan fingerprint density at radius 3 is 2.31 bits per heavy atom. The topological polar surface area (TPSA) is 106 Å². The van der Waals surface area contributed by atoms with E-state index in [1.807, 2.05) is 0 Å². The van der Waals surface area contributed by atoms with Crippen molar-refractivity contribution in [2.45, 2.75) is 19.2 Å². The highest BCUT2D eigenvalue weighted by Gasteiger charge is 2.15. The molecule has 152 valence electrons. The highest BCUT2D eigenvalue weighted by atomic mass is 32.2. The summed E-state index contributed by atoms with van der Waals surface area (Å²) < 4.78 is 40.0. The van der Waals surface area contributed by atoms with Gasteiger partial charge in [0.25, 0.3) is 5.91 Å². The Balaban J connectivity index is 1.64. The molecule has 0 bridgehead atoms. The molecule has 0 saturated carbocycles. The van der Waals surface area contributed by atoms with Crippen LogP contribution in [0.25, 0.3) is 5.69 Å². The van der Waals surface area contributed by atoms with Crippen molar-refractivity contribution in [2.75, 3.05) is 7.05 Å². The molecule has 1 aromatic heterocycles. The monoisotopic (exact) mass is 417 g/mol. The fourth-order valence-corrected chi connectivity index (χ4v) is 3.40. The van der Waals surface area contributed by atoms with Crippen molar-refractivity contribution in [1.82, 2.24) is 24.8 Å². The van der Waals surface area contributed by atoms with Crippen LogP contribution >= 0.6 is 0 Å². The summed E-state index contributed by atoms with van der Waals surface area (Å²) in [7, 11) is -1.97. The van der Waals surface area contributed by atoms with Gasteiger partial charge >= 0.3 is 0 Å². The van der Waals surface area contributed by atoms with Gasteiger partial charge in [-0.05, 0) is 49.4 Å². The number of carbonyl (C=O) groups excluding carboxylic acids is 1. The number of carbonyl (C=O) groups is 1. The van der Waals surface area contributed by atoms with Crippen LogP contribution in [0.3, 0.4) is 0 Å². The Morgan fingerprint density at radius 1 is 1.07 bits per heavy atom. The van der Waals surface area contributed by atoms with Gasteiger partial charge in [-0.3, -0.25) is 4.79 Å². The number of amides is 1. The van der Waals surface area contributed by atoms with Crippen LogP contribution in [0.2, 0.25) is 0 Å². The summed E-state index contributed by atoms with van der Waals surface area (Å²) in [4.78, 5) is 16.5. The molecule has 0 saturated heterocycles. The molecule has 1 heterocycles. The second-order valence-corrected chi connectivity index (χ2v) is 8.26. The van der Waals surface area contributed by atoms with Crippen LogP contribution in [0.15, 0.2) is 48.5 Å². The van der Waals surface area contributed by atoms with Gasteiger partial charge in [-0.2, -0.15) is 0 Å². The number of hydrogen-bond acceptors (Lipinski definition) is 5. The van der Waals surface area contributed by atoms with E-state index in [4.69, 9.17) is 0 Å². The zero-order valence-electron chi connectivity index (χ0n) is 15.9. The third kappa shape index (κ3) is 5.24. The quantitative estimate of drug-likeness (QED) is 0.609. The van der Waals surface area contributed by atoms with Gasteiger partial charge in [-0.15, -0.1) is 5.10 Å². The van der Waals surface area contributed by atoms with Crippen LogP contribution in [0.1, 0.15) is 27.6 Å². The minimum Gasteiger partial charge on any atom is -0.345 e. The van der Waals surface area contributed by atoms with Crippen LogP contribution in [-0.4, -0.2) is 36.1 Å². The van der Waals surface area contributed by atoms with Crippen molar-refractivity contribution in [3.8, 4) is 5.69 Å². The number of halogens is 1. The Morgan fingerprint density at radius 2 is 1.69 bits per heavy atom. The molecular formula is C19H20FN5O3S. The maximum atomic E-state index is 13.1. The highest BCUT2D eigenvalue weighted by Crippen LogP contribution is 2.11. The molecular weight excluding hydrogens is 397 g/mol. The van der Waals surface area contributed by atoms with E-state index >= 15 is 0 Å². The van der Waals surface area contributed by atoms with E-state index in [1.165, 1.54) is 23.9 Å². The van der Waals surface area contributed by atoms with Crippen molar-refractivity contribution in [2.24, 2.45) is 0 Å². The summed E-state index contributed by atoms with van der Waals surface area (Å²) >= 11 is 0. The molecule has 0 aliphatic heterocycles. The van der Waals surface area contributed by atoms with Gasteiger partial charge in [-0.25, -0.2) is 27.2 Å². The number of rotatable bonds is 7. The Hall–Kier alpha value is -3.11. The lowest BCUT2D eigenvalue weighted by molar-refractivity contribution is 0.0940. The van der Waals surface area contributed by atoms with E-state index in [0.717, 1.165) is 5.56 Å². The molecule has 0 atom stereocenters. The molecule has 0 spiro atoms. The van der Waals surface area contributed by atoms with Gasteiger partial charge in [0.1, 0.15) is 11.6 Å². The average Bonchev–Trinajstić information content (AvgIpc) is 3.09. The summed E-state index contributed by atoms with van der Waals surface area (Å²) in [5.41, 5.74) is 2.05. The number of sulfonamides is 1. The van der Waals surface area contributed by atoms with Gasteiger partial charge < -0.3 is 5.32 Å². The van der Waals surface area contributed by atoms with Crippen molar-refractivity contribution in [3.05, 3.63) is 77.1 Å². The molecule has 3 rings (SSSR count). The molecule has 2 N–H and O–H groups in total. The molecule has 10 heteroatoms. The third-order valence-corrected chi connectivity index (χ3v) is 5.52. The molecule has 0 aliphatic carbocycles. The predicted octanol–water partition coefficient (Wildman–Crippen LogP) is 1.69. The van der Waals surface area contributed by atoms with Crippen LogP contribution < -0.4 is 10.0 Å². The number of benzene rings is 2. The maximum Gasteiger partial charge on any atom is 0.291 e. The number of hydrogen-bond donors (Lipinski definition) is 2. The van der Waals surface area contributed by atoms with Gasteiger partial charge in [-0.1, -0.05) is 24.3 Å². The lowest BCUT2D eigenvalue weighted by Gasteiger charge is -2.06. The van der Waals surface area contributed by atoms with E-state index < -0.39 is 15.9 Å². The molecule has 1 amide bonds. The molecule has 0 aliphatic rings. The molecule has 0 fully saturated rings. The van der Waals surface area contributed by atoms with E-state index in [9.17, 15) is 17.6 Å². The zero-order valence-corrected chi connectivity index (χ0v) is 16.7. The van der Waals surface area contributed by atoms with Crippen LogP contribution in [0, 0.1) is 12.7 Å². The highest BCUT2D eigenvalue weighted by molar-refractivity contribution is 7.88. The number of aryl methyl sites for hydroxylation is 1. The number of aromatic nitrogens is 3. The summed E-state index contributed by atoms with van der Waals surface area (Å²) in [6, 6.07) is 12.6. The van der Waals surface area contributed by atoms with Gasteiger partial charge in [0, 0.05) is 6.54 Å². The summed E-state index contributed by atoms with van der Waals surface area (Å²) in [5.74, 6) is -0.421. The normalized spacial score (nSPS) is 11.4. The van der Waals surface area contributed by atoms with Gasteiger partial charge in [0.2, 0.25) is 15.8 Å². The molecule has 0 unspecified atom stereocenters. The third-order valence-electron chi connectivity index (χ3n) is 4.19. The molecule has 0 radical (unpaired) electrons. The van der Waals surface area contributed by atoms with Gasteiger partial charge in [0.15, 0.2) is 0 Å². The summed E-state index contributed by atoms with van der Waals surface area (Å²) in [6.07, 6.45) is 0. The summed E-state index contributed by atoms with van der Waals surface area (Å²) in [6.45, 7) is 1.94. The van der Waals surface area contributed by atoms with Crippen LogP contribution in [0.4, 0.5) is 4.39 Å². The minimum atomic E-state index is -3.33. The lowest BCUT2D eigenvalue weighted by atomic mass is 10.1. The van der Waals surface area contributed by atoms with E-state index in [2.05, 4.69) is 20.1 Å². The molecule has 29 heavy (non-hydrogen) atoms. The largest absolute Gasteiger partial charge is 0.345 e. The number of nitrogens with one attached hydrogen (secondary N) is 2. The summed E-state index contributed by atoms with van der Waals surface area (Å²) in [5, 5.41) is 6.91. The fourth-order valence-electron chi connectivity index (χ4n) is 2.62. The van der Waals surface area contributed by atoms with E-state index in [-0.39, 0.29) is 23.9 Å². The van der Waals surface area contributed by atoms with Gasteiger partial charge in [0.05, 0.1) is 11.4 Å². The number of nitrogens with zero attached hydrogens (tertiary/aromatic N) is 3. The Kier molecular flexibility index (Phi) is 6.04. The Bertz CT molecular complexity index is 1110. The Labute approximate surface area is 167 Å². The minimum absolute atomic E-state index is 0.00330. The smallest absolute Gasteiger partial charge is 0.291 e. The van der Waals surface area contributed by atoms with Crippen molar-refractivity contribution in [3.63, 3.8) is 0 Å².